The quantitative estimate of drug-likeness (QED) is 0.838. The molecule has 1 saturated heterocycles. The van der Waals surface area contributed by atoms with Crippen LogP contribution in [0.5, 0.6) is 0 Å². The lowest BCUT2D eigenvalue weighted by Gasteiger charge is -2.38. The zero-order chi connectivity index (χ0) is 15.4. The van der Waals surface area contributed by atoms with Gasteiger partial charge >= 0.3 is 0 Å². The second-order valence-electron chi connectivity index (χ2n) is 6.12. The molecule has 1 aliphatic rings. The molecule has 2 rings (SSSR count). The number of hydrogen-bond donors (Lipinski definition) is 2. The number of aryl methyl sites for hydroxylation is 1. The molecule has 1 heterocycles. The van der Waals surface area contributed by atoms with Crippen molar-refractivity contribution < 1.29 is 4.79 Å². The van der Waals surface area contributed by atoms with Crippen molar-refractivity contribution in [2.75, 3.05) is 17.6 Å². The summed E-state index contributed by atoms with van der Waals surface area (Å²) in [6.45, 7) is 6.94. The minimum absolute atomic E-state index is 0.0410. The van der Waals surface area contributed by atoms with Crippen LogP contribution in [0, 0.1) is 0 Å². The highest BCUT2D eigenvalue weighted by Crippen LogP contribution is 2.22. The Bertz CT molecular complexity index is 491. The van der Waals surface area contributed by atoms with Gasteiger partial charge in [0.15, 0.2) is 0 Å². The first kappa shape index (κ1) is 15.8. The van der Waals surface area contributed by atoms with Crippen LogP contribution in [0.2, 0.25) is 0 Å². The molecule has 0 bridgehead atoms. The fraction of sp³-hybridized carbons (Fsp3) is 0.588. The smallest absolute Gasteiger partial charge is 0.238 e. The van der Waals surface area contributed by atoms with Crippen LogP contribution < -0.4 is 11.1 Å². The van der Waals surface area contributed by atoms with Crippen molar-refractivity contribution in [3.63, 3.8) is 0 Å². The lowest BCUT2D eigenvalue weighted by molar-refractivity contribution is -0.118. The van der Waals surface area contributed by atoms with Crippen molar-refractivity contribution in [1.29, 1.82) is 0 Å². The molecule has 4 heteroatoms. The van der Waals surface area contributed by atoms with E-state index in [1.165, 1.54) is 19.3 Å². The van der Waals surface area contributed by atoms with E-state index in [4.69, 9.17) is 5.73 Å². The van der Waals surface area contributed by atoms with Gasteiger partial charge < -0.3 is 11.1 Å². The highest BCUT2D eigenvalue weighted by atomic mass is 16.2. The van der Waals surface area contributed by atoms with E-state index in [-0.39, 0.29) is 5.91 Å². The number of nitrogens with one attached hydrogen (secondary N) is 1. The number of carbonyl (C=O) groups is 1. The predicted octanol–water partition coefficient (Wildman–Crippen LogP) is 3.03. The zero-order valence-electron chi connectivity index (χ0n) is 13.4. The Morgan fingerprint density at radius 1 is 1.33 bits per heavy atom. The van der Waals surface area contributed by atoms with Crippen LogP contribution in [0.15, 0.2) is 18.2 Å². The van der Waals surface area contributed by atoms with Gasteiger partial charge in [-0.05, 0) is 50.8 Å². The summed E-state index contributed by atoms with van der Waals surface area (Å²) in [7, 11) is 0. The Labute approximate surface area is 127 Å². The molecule has 0 aromatic heterocycles. The fourth-order valence-electron chi connectivity index (χ4n) is 3.15. The third-order valence-electron chi connectivity index (χ3n) is 4.51. The van der Waals surface area contributed by atoms with E-state index < -0.39 is 0 Å². The molecular weight excluding hydrogens is 262 g/mol. The third-order valence-corrected chi connectivity index (χ3v) is 4.51. The van der Waals surface area contributed by atoms with Crippen LogP contribution in [0.4, 0.5) is 11.4 Å². The Balaban J connectivity index is 1.96. The summed E-state index contributed by atoms with van der Waals surface area (Å²) in [4.78, 5) is 14.5. The minimum Gasteiger partial charge on any atom is -0.398 e. The standard InChI is InChI=1S/C17H27N3O/c1-4-14-8-9-15(10-16(14)18)19-17(21)11-20-12(2)6-5-7-13(20)3/h8-10,12-13H,4-7,11,18H2,1-3H3,(H,19,21). The Morgan fingerprint density at radius 2 is 2.00 bits per heavy atom. The van der Waals surface area contributed by atoms with E-state index in [9.17, 15) is 4.79 Å². The number of likely N-dealkylation sites (tertiary alicyclic amines) is 1. The molecule has 0 saturated carbocycles. The van der Waals surface area contributed by atoms with Gasteiger partial charge in [0.2, 0.25) is 5.91 Å². The highest BCUT2D eigenvalue weighted by Gasteiger charge is 2.26. The van der Waals surface area contributed by atoms with Crippen LogP contribution >= 0.6 is 0 Å². The third kappa shape index (κ3) is 3.97. The molecule has 1 fully saturated rings. The molecule has 1 amide bonds. The topological polar surface area (TPSA) is 58.4 Å². The van der Waals surface area contributed by atoms with Crippen LogP contribution in [0.25, 0.3) is 0 Å². The molecule has 21 heavy (non-hydrogen) atoms. The number of nitrogens with zero attached hydrogens (tertiary/aromatic N) is 1. The van der Waals surface area contributed by atoms with Gasteiger partial charge in [0.05, 0.1) is 6.54 Å². The molecule has 1 aromatic rings. The monoisotopic (exact) mass is 289 g/mol. The number of rotatable bonds is 4. The van der Waals surface area contributed by atoms with Gasteiger partial charge in [0, 0.05) is 23.5 Å². The molecule has 0 spiro atoms. The van der Waals surface area contributed by atoms with E-state index in [0.717, 1.165) is 23.4 Å². The Hall–Kier alpha value is -1.55. The maximum absolute atomic E-state index is 12.2. The van der Waals surface area contributed by atoms with Gasteiger partial charge in [-0.15, -0.1) is 0 Å². The molecule has 2 atom stereocenters. The average Bonchev–Trinajstić information content (AvgIpc) is 2.43. The SMILES string of the molecule is CCc1ccc(NC(=O)CN2C(C)CCCC2C)cc1N. The summed E-state index contributed by atoms with van der Waals surface area (Å²) in [5, 5.41) is 2.96. The molecule has 0 aliphatic carbocycles. The van der Waals surface area contributed by atoms with Gasteiger partial charge in [-0.2, -0.15) is 0 Å². The number of piperidine rings is 1. The van der Waals surface area contributed by atoms with E-state index in [1.807, 2.05) is 18.2 Å². The average molecular weight is 289 g/mol. The van der Waals surface area contributed by atoms with Crippen molar-refractivity contribution in [3.8, 4) is 0 Å². The van der Waals surface area contributed by atoms with Crippen molar-refractivity contribution >= 4 is 17.3 Å². The summed E-state index contributed by atoms with van der Waals surface area (Å²) >= 11 is 0. The first-order valence-corrected chi connectivity index (χ1v) is 7.95. The summed E-state index contributed by atoms with van der Waals surface area (Å²) in [5.41, 5.74) is 8.62. The van der Waals surface area contributed by atoms with Gasteiger partial charge in [-0.25, -0.2) is 0 Å². The molecule has 116 valence electrons. The molecule has 0 radical (unpaired) electrons. The summed E-state index contributed by atoms with van der Waals surface area (Å²) in [5.74, 6) is 0.0410. The number of nitrogen functional groups attached to an aromatic ring is 1. The lowest BCUT2D eigenvalue weighted by Crippen LogP contribution is -2.47. The summed E-state index contributed by atoms with van der Waals surface area (Å²) < 4.78 is 0. The Kier molecular flexibility index (Phi) is 5.23. The van der Waals surface area contributed by atoms with Crippen LogP contribution in [0.3, 0.4) is 0 Å². The molecular formula is C17H27N3O. The van der Waals surface area contributed by atoms with E-state index in [1.54, 1.807) is 0 Å². The Morgan fingerprint density at radius 3 is 2.57 bits per heavy atom. The van der Waals surface area contributed by atoms with Crippen LogP contribution in [-0.4, -0.2) is 29.4 Å². The molecule has 3 N–H and O–H groups in total. The van der Waals surface area contributed by atoms with Crippen LogP contribution in [0.1, 0.15) is 45.6 Å². The van der Waals surface area contributed by atoms with E-state index in [2.05, 4.69) is 31.0 Å². The minimum atomic E-state index is 0.0410. The van der Waals surface area contributed by atoms with Crippen molar-refractivity contribution in [3.05, 3.63) is 23.8 Å². The van der Waals surface area contributed by atoms with Gasteiger partial charge in [-0.3, -0.25) is 9.69 Å². The van der Waals surface area contributed by atoms with Crippen molar-refractivity contribution in [1.82, 2.24) is 4.90 Å². The maximum atomic E-state index is 12.2. The first-order chi connectivity index (χ1) is 10.0. The van der Waals surface area contributed by atoms with Gasteiger partial charge in [0.25, 0.3) is 0 Å². The fourth-order valence-corrected chi connectivity index (χ4v) is 3.15. The summed E-state index contributed by atoms with van der Waals surface area (Å²) in [6, 6.07) is 6.71. The van der Waals surface area contributed by atoms with E-state index in [0.29, 0.717) is 18.6 Å². The van der Waals surface area contributed by atoms with Crippen molar-refractivity contribution in [2.45, 2.75) is 58.5 Å². The molecule has 1 aliphatic heterocycles. The number of benzene rings is 1. The van der Waals surface area contributed by atoms with E-state index >= 15 is 0 Å². The summed E-state index contributed by atoms with van der Waals surface area (Å²) in [6.07, 6.45) is 4.52. The number of hydrogen-bond acceptors (Lipinski definition) is 3. The second kappa shape index (κ2) is 6.94. The molecule has 1 aromatic carbocycles. The molecule has 2 unspecified atom stereocenters. The number of anilines is 2. The van der Waals surface area contributed by atoms with Gasteiger partial charge in [0.1, 0.15) is 0 Å². The predicted molar refractivity (Wildman–Crippen MR) is 88.3 cm³/mol. The van der Waals surface area contributed by atoms with Crippen molar-refractivity contribution in [2.24, 2.45) is 0 Å². The number of carbonyl (C=O) groups excluding carboxylic acids is 1. The maximum Gasteiger partial charge on any atom is 0.238 e. The van der Waals surface area contributed by atoms with Crippen LogP contribution in [-0.2, 0) is 11.2 Å². The largest absolute Gasteiger partial charge is 0.398 e. The normalized spacial score (nSPS) is 23.0. The number of nitrogens with two attached hydrogens (primary N) is 1. The first-order valence-electron chi connectivity index (χ1n) is 7.95. The molecule has 4 nitrogen and oxygen atoms in total. The lowest BCUT2D eigenvalue weighted by atomic mass is 9.97. The highest BCUT2D eigenvalue weighted by molar-refractivity contribution is 5.92. The second-order valence-corrected chi connectivity index (χ2v) is 6.12. The van der Waals surface area contributed by atoms with Gasteiger partial charge in [-0.1, -0.05) is 19.4 Å². The zero-order valence-corrected chi connectivity index (χ0v) is 13.4. The number of amides is 1.